The lowest BCUT2D eigenvalue weighted by atomic mass is 10.0. The first-order valence-corrected chi connectivity index (χ1v) is 6.29. The quantitative estimate of drug-likeness (QED) is 0.853. The van der Waals surface area contributed by atoms with Crippen molar-refractivity contribution in [1.82, 2.24) is 9.97 Å². The van der Waals surface area contributed by atoms with Crippen molar-refractivity contribution in [3.8, 4) is 0 Å². The van der Waals surface area contributed by atoms with E-state index < -0.39 is 0 Å². The van der Waals surface area contributed by atoms with E-state index in [4.69, 9.17) is 0 Å². The maximum absolute atomic E-state index is 4.20. The summed E-state index contributed by atoms with van der Waals surface area (Å²) in [6.07, 6.45) is 7.27. The second kappa shape index (κ2) is 3.44. The predicted octanol–water partition coefficient (Wildman–Crippen LogP) is 2.84. The first-order valence-electron chi connectivity index (χ1n) is 5.50. The van der Waals surface area contributed by atoms with E-state index in [1.807, 2.05) is 6.07 Å². The Kier molecular flexibility index (Phi) is 2.20. The van der Waals surface area contributed by atoms with Gasteiger partial charge >= 0.3 is 0 Å². The minimum atomic E-state index is 0.622. The maximum atomic E-state index is 4.20. The summed E-state index contributed by atoms with van der Waals surface area (Å²) in [5, 5.41) is 3.43. The normalized spacial score (nSPS) is 22.5. The Bertz CT molecular complexity index is 372. The lowest BCUT2D eigenvalue weighted by Crippen LogP contribution is -2.17. The Labute approximate surface area is 97.8 Å². The predicted molar refractivity (Wildman–Crippen MR) is 62.6 cm³/mol. The molecular weight excluding hydrogens is 254 g/mol. The van der Waals surface area contributed by atoms with Crippen molar-refractivity contribution in [3.05, 3.63) is 17.0 Å². The van der Waals surface area contributed by atoms with Crippen LogP contribution in [0.5, 0.6) is 0 Å². The van der Waals surface area contributed by atoms with Gasteiger partial charge in [0.25, 0.3) is 0 Å². The maximum Gasteiger partial charge on any atom is 0.130 e. The smallest absolute Gasteiger partial charge is 0.130 e. The molecule has 4 heteroatoms. The van der Waals surface area contributed by atoms with Crippen LogP contribution in [-0.4, -0.2) is 16.5 Å². The molecule has 0 saturated heterocycles. The second-order valence-electron chi connectivity index (χ2n) is 4.72. The van der Waals surface area contributed by atoms with E-state index in [1.165, 1.54) is 25.7 Å². The molecule has 3 rings (SSSR count). The summed E-state index contributed by atoms with van der Waals surface area (Å²) in [7, 11) is 0. The molecule has 0 atom stereocenters. The van der Waals surface area contributed by atoms with E-state index in [1.54, 1.807) is 6.33 Å². The molecule has 0 bridgehead atoms. The highest BCUT2D eigenvalue weighted by Gasteiger charge is 2.53. The van der Waals surface area contributed by atoms with Gasteiger partial charge in [0, 0.05) is 12.6 Å². The summed E-state index contributed by atoms with van der Waals surface area (Å²) in [5.74, 6) is 1.93. The average molecular weight is 268 g/mol. The fourth-order valence-corrected chi connectivity index (χ4v) is 2.59. The summed E-state index contributed by atoms with van der Waals surface area (Å²) in [4.78, 5) is 8.21. The van der Waals surface area contributed by atoms with Gasteiger partial charge in [-0.2, -0.15) is 0 Å². The van der Waals surface area contributed by atoms with Crippen molar-refractivity contribution in [2.45, 2.75) is 25.7 Å². The van der Waals surface area contributed by atoms with Crippen molar-refractivity contribution in [3.63, 3.8) is 0 Å². The molecule has 0 amide bonds. The van der Waals surface area contributed by atoms with Gasteiger partial charge in [0.15, 0.2) is 0 Å². The molecule has 0 aliphatic heterocycles. The Morgan fingerprint density at radius 2 is 2.20 bits per heavy atom. The zero-order valence-corrected chi connectivity index (χ0v) is 10.1. The monoisotopic (exact) mass is 267 g/mol. The molecule has 80 valence electrons. The summed E-state index contributed by atoms with van der Waals surface area (Å²) in [6.45, 7) is 1.08. The molecule has 0 spiro atoms. The van der Waals surface area contributed by atoms with Crippen LogP contribution in [0.4, 0.5) is 5.82 Å². The molecule has 2 aliphatic carbocycles. The van der Waals surface area contributed by atoms with Gasteiger partial charge < -0.3 is 5.32 Å². The van der Waals surface area contributed by atoms with Gasteiger partial charge in [0.1, 0.15) is 16.7 Å². The van der Waals surface area contributed by atoms with Gasteiger partial charge in [0.05, 0.1) is 0 Å². The first-order chi connectivity index (χ1) is 7.28. The van der Waals surface area contributed by atoms with Crippen LogP contribution in [-0.2, 0) is 0 Å². The summed E-state index contributed by atoms with van der Waals surface area (Å²) >= 11 is 3.35. The molecule has 1 heterocycles. The molecule has 3 nitrogen and oxygen atoms in total. The molecule has 0 aromatic carbocycles. The van der Waals surface area contributed by atoms with Gasteiger partial charge in [-0.1, -0.05) is 0 Å². The number of hydrogen-bond acceptors (Lipinski definition) is 3. The van der Waals surface area contributed by atoms with Crippen molar-refractivity contribution in [2.75, 3.05) is 11.9 Å². The van der Waals surface area contributed by atoms with Crippen molar-refractivity contribution in [2.24, 2.45) is 11.3 Å². The van der Waals surface area contributed by atoms with E-state index in [0.29, 0.717) is 5.41 Å². The van der Waals surface area contributed by atoms with Crippen LogP contribution in [0.25, 0.3) is 0 Å². The SMILES string of the molecule is Brc1cc(NCC2(C3CC3)CC2)ncn1. The topological polar surface area (TPSA) is 37.8 Å². The van der Waals surface area contributed by atoms with Crippen LogP contribution in [0.3, 0.4) is 0 Å². The van der Waals surface area contributed by atoms with Gasteiger partial charge in [-0.15, -0.1) is 0 Å². The molecule has 1 aromatic heterocycles. The number of nitrogens with zero attached hydrogens (tertiary/aromatic N) is 2. The molecule has 2 fully saturated rings. The molecular formula is C11H14BrN3. The van der Waals surface area contributed by atoms with Gasteiger partial charge in [-0.3, -0.25) is 0 Å². The van der Waals surface area contributed by atoms with E-state index in [-0.39, 0.29) is 0 Å². The van der Waals surface area contributed by atoms with Crippen LogP contribution in [0, 0.1) is 11.3 Å². The van der Waals surface area contributed by atoms with Gasteiger partial charge in [-0.25, -0.2) is 9.97 Å². The number of aromatic nitrogens is 2. The van der Waals surface area contributed by atoms with Crippen LogP contribution in [0.1, 0.15) is 25.7 Å². The summed E-state index contributed by atoms with van der Waals surface area (Å²) < 4.78 is 0.844. The molecule has 15 heavy (non-hydrogen) atoms. The Hall–Kier alpha value is -0.640. The first kappa shape index (κ1) is 9.58. The molecule has 2 aliphatic rings. The average Bonchev–Trinajstić information content (AvgIpc) is 3.08. The largest absolute Gasteiger partial charge is 0.369 e. The highest BCUT2D eigenvalue weighted by atomic mass is 79.9. The fourth-order valence-electron chi connectivity index (χ4n) is 2.28. The third-order valence-corrected chi connectivity index (χ3v) is 4.02. The standard InChI is InChI=1S/C11H14BrN3/c12-9-5-10(15-7-14-9)13-6-11(3-4-11)8-1-2-8/h5,7-8H,1-4,6H2,(H,13,14,15). The lowest BCUT2D eigenvalue weighted by Gasteiger charge is -2.15. The number of rotatable bonds is 4. The molecule has 0 unspecified atom stereocenters. The summed E-state index contributed by atoms with van der Waals surface area (Å²) in [6, 6.07) is 1.93. The van der Waals surface area contributed by atoms with Crippen LogP contribution < -0.4 is 5.32 Å². The van der Waals surface area contributed by atoms with Crippen molar-refractivity contribution in [1.29, 1.82) is 0 Å². The molecule has 1 N–H and O–H groups in total. The Morgan fingerprint density at radius 3 is 2.80 bits per heavy atom. The van der Waals surface area contributed by atoms with E-state index in [2.05, 4.69) is 31.2 Å². The minimum absolute atomic E-state index is 0.622. The van der Waals surface area contributed by atoms with Crippen LogP contribution in [0.15, 0.2) is 17.0 Å². The van der Waals surface area contributed by atoms with Crippen LogP contribution >= 0.6 is 15.9 Å². The third kappa shape index (κ3) is 2.00. The van der Waals surface area contributed by atoms with Gasteiger partial charge in [0.2, 0.25) is 0 Å². The molecule has 2 saturated carbocycles. The van der Waals surface area contributed by atoms with E-state index in [0.717, 1.165) is 22.9 Å². The zero-order chi connectivity index (χ0) is 10.3. The second-order valence-corrected chi connectivity index (χ2v) is 5.53. The number of nitrogens with one attached hydrogen (secondary N) is 1. The fraction of sp³-hybridized carbons (Fsp3) is 0.636. The number of anilines is 1. The number of halogens is 1. The molecule has 0 radical (unpaired) electrons. The van der Waals surface area contributed by atoms with Crippen molar-refractivity contribution >= 4 is 21.7 Å². The lowest BCUT2D eigenvalue weighted by molar-refractivity contribution is 0.466. The van der Waals surface area contributed by atoms with Gasteiger partial charge in [-0.05, 0) is 52.9 Å². The highest BCUT2D eigenvalue weighted by molar-refractivity contribution is 9.10. The highest BCUT2D eigenvalue weighted by Crippen LogP contribution is 2.61. The number of hydrogen-bond donors (Lipinski definition) is 1. The third-order valence-electron chi connectivity index (χ3n) is 3.59. The van der Waals surface area contributed by atoms with E-state index in [9.17, 15) is 0 Å². The van der Waals surface area contributed by atoms with E-state index >= 15 is 0 Å². The Balaban J connectivity index is 1.61. The zero-order valence-electron chi connectivity index (χ0n) is 8.54. The Morgan fingerprint density at radius 1 is 1.40 bits per heavy atom. The van der Waals surface area contributed by atoms with Crippen LogP contribution in [0.2, 0.25) is 0 Å². The molecule has 1 aromatic rings. The van der Waals surface area contributed by atoms with Crippen molar-refractivity contribution < 1.29 is 0 Å². The minimum Gasteiger partial charge on any atom is -0.369 e. The summed E-state index contributed by atoms with van der Waals surface area (Å²) in [5.41, 5.74) is 0.622.